The lowest BCUT2D eigenvalue weighted by Gasteiger charge is -2.10. The molecule has 1 aromatic heterocycles. The minimum absolute atomic E-state index is 0.0369. The van der Waals surface area contributed by atoms with Crippen LogP contribution >= 0.6 is 0 Å². The smallest absolute Gasteiger partial charge is 0.276 e. The van der Waals surface area contributed by atoms with Crippen LogP contribution < -0.4 is 0 Å². The Bertz CT molecular complexity index is 416. The van der Waals surface area contributed by atoms with Crippen molar-refractivity contribution < 1.29 is 9.72 Å². The van der Waals surface area contributed by atoms with Gasteiger partial charge in [0.1, 0.15) is 5.78 Å². The Morgan fingerprint density at radius 3 is 2.41 bits per heavy atom. The monoisotopic (exact) mass is 238 g/mol. The number of nitrogens with zero attached hydrogens (tertiary/aromatic N) is 2. The van der Waals surface area contributed by atoms with Crippen LogP contribution in [0.25, 0.3) is 0 Å². The highest BCUT2D eigenvalue weighted by Crippen LogP contribution is 2.28. The van der Waals surface area contributed by atoms with E-state index in [2.05, 4.69) is 4.98 Å². The third-order valence-electron chi connectivity index (χ3n) is 2.41. The van der Waals surface area contributed by atoms with Crippen molar-refractivity contribution in [2.24, 2.45) is 0 Å². The second kappa shape index (κ2) is 6.73. The quantitative estimate of drug-likeness (QED) is 0.599. The molecule has 1 unspecified atom stereocenters. The van der Waals surface area contributed by atoms with E-state index in [1.807, 2.05) is 13.8 Å². The van der Waals surface area contributed by atoms with Crippen molar-refractivity contribution in [2.75, 3.05) is 0 Å². The lowest BCUT2D eigenvalue weighted by molar-refractivity contribution is -0.385. The number of nitro groups is 1. The van der Waals surface area contributed by atoms with E-state index in [1.165, 1.54) is 19.2 Å². The highest BCUT2D eigenvalue weighted by Gasteiger charge is 2.24. The van der Waals surface area contributed by atoms with Gasteiger partial charge in [0.05, 0.1) is 10.5 Å². The number of aryl methyl sites for hydroxylation is 1. The number of rotatable bonds is 3. The molecular weight excluding hydrogens is 220 g/mol. The Kier molecular flexibility index (Phi) is 6.02. The summed E-state index contributed by atoms with van der Waals surface area (Å²) < 4.78 is 0. The van der Waals surface area contributed by atoms with Gasteiger partial charge in [0, 0.05) is 23.9 Å². The first-order valence-electron chi connectivity index (χ1n) is 5.55. The molecule has 1 atom stereocenters. The Morgan fingerprint density at radius 2 is 2.00 bits per heavy atom. The highest BCUT2D eigenvalue weighted by atomic mass is 16.6. The van der Waals surface area contributed by atoms with Gasteiger partial charge in [-0.2, -0.15) is 0 Å². The molecule has 0 spiro atoms. The molecule has 1 aromatic rings. The molecule has 1 heterocycles. The van der Waals surface area contributed by atoms with Crippen LogP contribution in [0.2, 0.25) is 0 Å². The molecule has 0 fully saturated rings. The average Bonchev–Trinajstić information content (AvgIpc) is 2.30. The highest BCUT2D eigenvalue weighted by molar-refractivity contribution is 5.84. The predicted molar refractivity (Wildman–Crippen MR) is 66.1 cm³/mol. The maximum absolute atomic E-state index is 11.2. The zero-order valence-corrected chi connectivity index (χ0v) is 10.9. The molecule has 0 aliphatic carbocycles. The molecule has 0 aromatic carbocycles. The summed E-state index contributed by atoms with van der Waals surface area (Å²) in [4.78, 5) is 25.5. The van der Waals surface area contributed by atoms with Crippen molar-refractivity contribution in [2.45, 2.75) is 40.5 Å². The molecule has 0 aliphatic rings. The SMILES string of the molecule is CC.CC(=O)C(C)c1c([N+](=O)[O-])ccnc1C. The molecule has 1 rings (SSSR count). The first-order valence-corrected chi connectivity index (χ1v) is 5.55. The molecule has 0 amide bonds. The zero-order chi connectivity index (χ0) is 13.6. The summed E-state index contributed by atoms with van der Waals surface area (Å²) in [5, 5.41) is 10.8. The zero-order valence-electron chi connectivity index (χ0n) is 10.9. The van der Waals surface area contributed by atoms with E-state index in [0.29, 0.717) is 11.3 Å². The molecule has 17 heavy (non-hydrogen) atoms. The molecule has 5 heteroatoms. The third kappa shape index (κ3) is 3.62. The van der Waals surface area contributed by atoms with E-state index in [1.54, 1.807) is 13.8 Å². The fourth-order valence-corrected chi connectivity index (χ4v) is 1.46. The number of aromatic nitrogens is 1. The van der Waals surface area contributed by atoms with Crippen molar-refractivity contribution in [3.8, 4) is 0 Å². The van der Waals surface area contributed by atoms with Crippen LogP contribution in [0.1, 0.15) is 44.9 Å². The Hall–Kier alpha value is -1.78. The van der Waals surface area contributed by atoms with Crippen LogP contribution in [0, 0.1) is 17.0 Å². The van der Waals surface area contributed by atoms with Crippen LogP contribution in [0.4, 0.5) is 5.69 Å². The lowest BCUT2D eigenvalue weighted by atomic mass is 9.95. The second-order valence-electron chi connectivity index (χ2n) is 3.42. The van der Waals surface area contributed by atoms with Crippen molar-refractivity contribution in [3.63, 3.8) is 0 Å². The molecule has 0 bridgehead atoms. The summed E-state index contributed by atoms with van der Waals surface area (Å²) in [5.74, 6) is -0.590. The lowest BCUT2D eigenvalue weighted by Crippen LogP contribution is -2.10. The van der Waals surface area contributed by atoms with E-state index < -0.39 is 10.8 Å². The Morgan fingerprint density at radius 1 is 1.47 bits per heavy atom. The van der Waals surface area contributed by atoms with Gasteiger partial charge in [0.15, 0.2) is 0 Å². The number of carbonyl (C=O) groups is 1. The molecule has 0 aliphatic heterocycles. The van der Waals surface area contributed by atoms with Gasteiger partial charge in [-0.15, -0.1) is 0 Å². The van der Waals surface area contributed by atoms with Gasteiger partial charge in [-0.25, -0.2) is 0 Å². The van der Waals surface area contributed by atoms with Crippen LogP contribution in [-0.4, -0.2) is 15.7 Å². The Labute approximate surface area is 101 Å². The van der Waals surface area contributed by atoms with Crippen LogP contribution in [0.15, 0.2) is 12.3 Å². The summed E-state index contributed by atoms with van der Waals surface area (Å²) >= 11 is 0. The summed E-state index contributed by atoms with van der Waals surface area (Å²) in [7, 11) is 0. The number of Topliss-reactive ketones (excluding diaryl/α,β-unsaturated/α-hetero) is 1. The van der Waals surface area contributed by atoms with E-state index >= 15 is 0 Å². The first-order chi connectivity index (χ1) is 7.95. The molecule has 0 saturated carbocycles. The predicted octanol–water partition coefficient (Wildman–Crippen LogP) is 3.02. The fourth-order valence-electron chi connectivity index (χ4n) is 1.46. The van der Waals surface area contributed by atoms with Crippen LogP contribution in [-0.2, 0) is 4.79 Å². The molecule has 94 valence electrons. The number of hydrogen-bond acceptors (Lipinski definition) is 4. The van der Waals surface area contributed by atoms with Crippen molar-refractivity contribution in [3.05, 3.63) is 33.6 Å². The van der Waals surface area contributed by atoms with E-state index in [9.17, 15) is 14.9 Å². The number of carbonyl (C=O) groups excluding carboxylic acids is 1. The summed E-state index contributed by atoms with van der Waals surface area (Å²) in [5.41, 5.74) is 0.909. The number of ketones is 1. The largest absolute Gasteiger partial charge is 0.299 e. The fraction of sp³-hybridized carbons (Fsp3) is 0.500. The van der Waals surface area contributed by atoms with Crippen LogP contribution in [0.5, 0.6) is 0 Å². The van der Waals surface area contributed by atoms with Crippen molar-refractivity contribution in [1.82, 2.24) is 4.98 Å². The van der Waals surface area contributed by atoms with Crippen molar-refractivity contribution >= 4 is 11.5 Å². The van der Waals surface area contributed by atoms with Gasteiger partial charge in [-0.3, -0.25) is 19.9 Å². The van der Waals surface area contributed by atoms with Gasteiger partial charge >= 0.3 is 0 Å². The molecular formula is C12H18N2O3. The summed E-state index contributed by atoms with van der Waals surface area (Å²) in [6.45, 7) is 8.74. The van der Waals surface area contributed by atoms with Gasteiger partial charge in [-0.1, -0.05) is 20.8 Å². The maximum Gasteiger partial charge on any atom is 0.276 e. The third-order valence-corrected chi connectivity index (χ3v) is 2.41. The molecule has 0 saturated heterocycles. The van der Waals surface area contributed by atoms with Gasteiger partial charge in [-0.05, 0) is 13.8 Å². The van der Waals surface area contributed by atoms with Gasteiger partial charge < -0.3 is 0 Å². The molecule has 5 nitrogen and oxygen atoms in total. The van der Waals surface area contributed by atoms with E-state index in [0.717, 1.165) is 0 Å². The Balaban J connectivity index is 0.00000121. The number of hydrogen-bond donors (Lipinski definition) is 0. The summed E-state index contributed by atoms with van der Waals surface area (Å²) in [6, 6.07) is 1.32. The topological polar surface area (TPSA) is 73.1 Å². The molecule has 0 radical (unpaired) electrons. The second-order valence-corrected chi connectivity index (χ2v) is 3.42. The van der Waals surface area contributed by atoms with Gasteiger partial charge in [0.25, 0.3) is 5.69 Å². The maximum atomic E-state index is 11.2. The standard InChI is InChI=1S/C10H12N2O3.C2H6/c1-6(8(3)13)10-7(2)11-5-4-9(10)12(14)15;1-2/h4-6H,1-3H3;1-2H3. The molecule has 0 N–H and O–H groups in total. The van der Waals surface area contributed by atoms with E-state index in [4.69, 9.17) is 0 Å². The van der Waals surface area contributed by atoms with E-state index in [-0.39, 0.29) is 11.5 Å². The summed E-state index contributed by atoms with van der Waals surface area (Å²) in [6.07, 6.45) is 1.38. The number of pyridine rings is 1. The van der Waals surface area contributed by atoms with Crippen LogP contribution in [0.3, 0.4) is 0 Å². The van der Waals surface area contributed by atoms with Crippen molar-refractivity contribution in [1.29, 1.82) is 0 Å². The minimum atomic E-state index is -0.487. The first kappa shape index (κ1) is 15.2. The normalized spacial score (nSPS) is 11.1. The minimum Gasteiger partial charge on any atom is -0.299 e. The average molecular weight is 238 g/mol. The van der Waals surface area contributed by atoms with Gasteiger partial charge in [0.2, 0.25) is 0 Å².